The average molecular weight is 235 g/mol. The Hall–Kier alpha value is -1.69. The van der Waals surface area contributed by atoms with Crippen LogP contribution in [0.1, 0.15) is 17.4 Å². The Morgan fingerprint density at radius 1 is 1.53 bits per heavy atom. The van der Waals surface area contributed by atoms with Gasteiger partial charge < -0.3 is 15.5 Å². The first kappa shape index (κ1) is 11.8. The molecule has 6 heteroatoms. The molecule has 1 aliphatic heterocycles. The summed E-state index contributed by atoms with van der Waals surface area (Å²) < 4.78 is 0. The summed E-state index contributed by atoms with van der Waals surface area (Å²) in [4.78, 5) is 13.5. The molecule has 0 spiro atoms. The number of anilines is 1. The number of nitrogens with zero attached hydrogens (tertiary/aromatic N) is 3. The van der Waals surface area contributed by atoms with Crippen molar-refractivity contribution in [2.45, 2.75) is 13.0 Å². The lowest BCUT2D eigenvalue weighted by Gasteiger charge is -2.32. The first-order chi connectivity index (χ1) is 8.20. The van der Waals surface area contributed by atoms with E-state index in [-0.39, 0.29) is 5.91 Å². The Balaban J connectivity index is 2.09. The molecule has 6 nitrogen and oxygen atoms in total. The van der Waals surface area contributed by atoms with Gasteiger partial charge >= 0.3 is 0 Å². The summed E-state index contributed by atoms with van der Waals surface area (Å²) in [6, 6.07) is 3.99. The van der Waals surface area contributed by atoms with Crippen LogP contribution in [0.25, 0.3) is 0 Å². The highest BCUT2D eigenvalue weighted by molar-refractivity contribution is 5.91. The third-order valence-electron chi connectivity index (χ3n) is 2.80. The summed E-state index contributed by atoms with van der Waals surface area (Å²) in [5.74, 6) is 0.615. The minimum atomic E-state index is -0.210. The van der Waals surface area contributed by atoms with Crippen molar-refractivity contribution >= 4 is 11.7 Å². The maximum Gasteiger partial charge on any atom is 0.271 e. The molecule has 1 unspecified atom stereocenters. The number of amides is 1. The monoisotopic (exact) mass is 235 g/mol. The number of carbonyl (C=O) groups is 1. The van der Waals surface area contributed by atoms with Gasteiger partial charge in [-0.15, -0.1) is 10.2 Å². The summed E-state index contributed by atoms with van der Waals surface area (Å²) in [6.07, 6.45) is 0. The molecule has 1 atom stereocenters. The number of nitrogens with one attached hydrogen (secondary N) is 2. The van der Waals surface area contributed by atoms with Gasteiger partial charge in [-0.3, -0.25) is 4.79 Å². The fourth-order valence-electron chi connectivity index (χ4n) is 1.88. The molecule has 1 saturated heterocycles. The number of rotatable bonds is 2. The molecule has 0 aliphatic carbocycles. The quantitative estimate of drug-likeness (QED) is 0.732. The van der Waals surface area contributed by atoms with Crippen LogP contribution < -0.4 is 15.5 Å². The average Bonchev–Trinajstić information content (AvgIpc) is 2.38. The number of carbonyl (C=O) groups excluding carboxylic acids is 1. The second-order valence-electron chi connectivity index (χ2n) is 4.16. The van der Waals surface area contributed by atoms with E-state index < -0.39 is 0 Å². The fraction of sp³-hybridized carbons (Fsp3) is 0.545. The largest absolute Gasteiger partial charge is 0.354 e. The summed E-state index contributed by atoms with van der Waals surface area (Å²) in [5, 5.41) is 13.9. The van der Waals surface area contributed by atoms with Crippen LogP contribution in [0.2, 0.25) is 0 Å². The van der Waals surface area contributed by atoms with E-state index in [0.29, 0.717) is 11.7 Å². The second kappa shape index (κ2) is 5.09. The summed E-state index contributed by atoms with van der Waals surface area (Å²) in [5.41, 5.74) is 0.347. The van der Waals surface area contributed by atoms with Crippen molar-refractivity contribution in [3.05, 3.63) is 17.8 Å². The third-order valence-corrected chi connectivity index (χ3v) is 2.80. The Kier molecular flexibility index (Phi) is 3.53. The van der Waals surface area contributed by atoms with Gasteiger partial charge in [-0.1, -0.05) is 0 Å². The lowest BCUT2D eigenvalue weighted by atomic mass is 10.2. The maximum absolute atomic E-state index is 11.3. The highest BCUT2D eigenvalue weighted by atomic mass is 16.1. The highest BCUT2D eigenvalue weighted by Crippen LogP contribution is 2.11. The van der Waals surface area contributed by atoms with Crippen molar-refractivity contribution in [2.24, 2.45) is 0 Å². The minimum absolute atomic E-state index is 0.210. The molecule has 1 amide bonds. The molecular formula is C11H17N5O. The maximum atomic E-state index is 11.3. The van der Waals surface area contributed by atoms with Crippen LogP contribution in [0.3, 0.4) is 0 Å². The number of aromatic nitrogens is 2. The van der Waals surface area contributed by atoms with Crippen molar-refractivity contribution in [3.8, 4) is 0 Å². The van der Waals surface area contributed by atoms with E-state index in [1.54, 1.807) is 13.1 Å². The summed E-state index contributed by atoms with van der Waals surface area (Å²) >= 11 is 0. The van der Waals surface area contributed by atoms with Gasteiger partial charge in [0.1, 0.15) is 0 Å². The van der Waals surface area contributed by atoms with E-state index >= 15 is 0 Å². The number of piperazine rings is 1. The van der Waals surface area contributed by atoms with E-state index in [1.165, 1.54) is 0 Å². The third kappa shape index (κ3) is 2.71. The zero-order chi connectivity index (χ0) is 12.3. The zero-order valence-corrected chi connectivity index (χ0v) is 10.1. The molecule has 1 fully saturated rings. The van der Waals surface area contributed by atoms with Crippen LogP contribution in [-0.4, -0.2) is 48.8 Å². The van der Waals surface area contributed by atoms with Gasteiger partial charge in [0, 0.05) is 32.7 Å². The molecule has 2 N–H and O–H groups in total. The SMILES string of the molecule is CNC(=O)c1ccc(N2CCNC(C)C2)nn1. The van der Waals surface area contributed by atoms with Gasteiger partial charge in [0.05, 0.1) is 0 Å². The van der Waals surface area contributed by atoms with Crippen LogP contribution in [0.15, 0.2) is 12.1 Å². The number of hydrogen-bond acceptors (Lipinski definition) is 5. The van der Waals surface area contributed by atoms with E-state index in [1.807, 2.05) is 6.07 Å². The molecule has 17 heavy (non-hydrogen) atoms. The van der Waals surface area contributed by atoms with Gasteiger partial charge in [-0.25, -0.2) is 0 Å². The molecule has 2 rings (SSSR count). The van der Waals surface area contributed by atoms with Gasteiger partial charge in [-0.2, -0.15) is 0 Å². The minimum Gasteiger partial charge on any atom is -0.354 e. The normalized spacial score (nSPS) is 20.1. The lowest BCUT2D eigenvalue weighted by Crippen LogP contribution is -2.49. The molecule has 1 aliphatic rings. The van der Waals surface area contributed by atoms with E-state index in [2.05, 4.69) is 32.7 Å². The van der Waals surface area contributed by atoms with E-state index in [9.17, 15) is 4.79 Å². The molecule has 0 radical (unpaired) electrons. The fourth-order valence-corrected chi connectivity index (χ4v) is 1.88. The van der Waals surface area contributed by atoms with Crippen molar-refractivity contribution in [1.82, 2.24) is 20.8 Å². The molecule has 0 aromatic carbocycles. The van der Waals surface area contributed by atoms with Crippen molar-refractivity contribution in [2.75, 3.05) is 31.6 Å². The Morgan fingerprint density at radius 2 is 2.35 bits per heavy atom. The first-order valence-electron chi connectivity index (χ1n) is 5.75. The summed E-state index contributed by atoms with van der Waals surface area (Å²) in [6.45, 7) is 4.91. The van der Waals surface area contributed by atoms with E-state index in [0.717, 1.165) is 25.5 Å². The Morgan fingerprint density at radius 3 is 2.94 bits per heavy atom. The van der Waals surface area contributed by atoms with Gasteiger partial charge in [0.2, 0.25) is 0 Å². The van der Waals surface area contributed by atoms with Crippen LogP contribution >= 0.6 is 0 Å². The van der Waals surface area contributed by atoms with Crippen LogP contribution in [0, 0.1) is 0 Å². The molecule has 92 valence electrons. The van der Waals surface area contributed by atoms with Crippen molar-refractivity contribution < 1.29 is 4.79 Å². The molecule has 1 aromatic heterocycles. The Bertz CT molecular complexity index is 391. The van der Waals surface area contributed by atoms with E-state index in [4.69, 9.17) is 0 Å². The van der Waals surface area contributed by atoms with Crippen molar-refractivity contribution in [1.29, 1.82) is 0 Å². The summed E-state index contributed by atoms with van der Waals surface area (Å²) in [7, 11) is 1.58. The number of hydrogen-bond donors (Lipinski definition) is 2. The molecule has 1 aromatic rings. The molecular weight excluding hydrogens is 218 g/mol. The van der Waals surface area contributed by atoms with Gasteiger partial charge in [-0.05, 0) is 19.1 Å². The highest BCUT2D eigenvalue weighted by Gasteiger charge is 2.17. The van der Waals surface area contributed by atoms with Crippen LogP contribution in [0.5, 0.6) is 0 Å². The lowest BCUT2D eigenvalue weighted by molar-refractivity contribution is 0.0957. The first-order valence-corrected chi connectivity index (χ1v) is 5.75. The predicted molar refractivity (Wildman–Crippen MR) is 65.1 cm³/mol. The molecule has 2 heterocycles. The zero-order valence-electron chi connectivity index (χ0n) is 10.1. The smallest absolute Gasteiger partial charge is 0.271 e. The predicted octanol–water partition coefficient (Wildman–Crippen LogP) is -0.366. The standard InChI is InChI=1S/C11H17N5O/c1-8-7-16(6-5-13-8)10-4-3-9(14-15-10)11(17)12-2/h3-4,8,13H,5-7H2,1-2H3,(H,12,17). The Labute approximate surface area is 100 Å². The van der Waals surface area contributed by atoms with Crippen molar-refractivity contribution in [3.63, 3.8) is 0 Å². The van der Waals surface area contributed by atoms with Gasteiger partial charge in [0.15, 0.2) is 11.5 Å². The van der Waals surface area contributed by atoms with Crippen LogP contribution in [0.4, 0.5) is 5.82 Å². The molecule has 0 bridgehead atoms. The second-order valence-corrected chi connectivity index (χ2v) is 4.16. The molecule has 0 saturated carbocycles. The van der Waals surface area contributed by atoms with Crippen LogP contribution in [-0.2, 0) is 0 Å². The van der Waals surface area contributed by atoms with Gasteiger partial charge in [0.25, 0.3) is 5.91 Å². The topological polar surface area (TPSA) is 70.2 Å².